The predicted octanol–water partition coefficient (Wildman–Crippen LogP) is -0.132. The molecule has 0 saturated carbocycles. The Morgan fingerprint density at radius 1 is 1.32 bits per heavy atom. The van der Waals surface area contributed by atoms with Crippen LogP contribution in [0.15, 0.2) is 0 Å². The Labute approximate surface area is 116 Å². The summed E-state index contributed by atoms with van der Waals surface area (Å²) >= 11 is 0. The van der Waals surface area contributed by atoms with Crippen LogP contribution in [0.25, 0.3) is 0 Å². The molecule has 2 atom stereocenters. The third-order valence-corrected chi connectivity index (χ3v) is 4.33. The first kappa shape index (κ1) is 14.8. The zero-order valence-electron chi connectivity index (χ0n) is 12.1. The molecule has 0 radical (unpaired) electrons. The van der Waals surface area contributed by atoms with Crippen molar-refractivity contribution in [3.63, 3.8) is 0 Å². The van der Waals surface area contributed by atoms with Crippen molar-refractivity contribution in [1.29, 1.82) is 0 Å². The van der Waals surface area contributed by atoms with Crippen LogP contribution in [0.3, 0.4) is 0 Å². The summed E-state index contributed by atoms with van der Waals surface area (Å²) < 4.78 is 0. The number of carbonyl (C=O) groups excluding carboxylic acids is 1. The molecule has 2 saturated heterocycles. The molecule has 3 N–H and O–H groups in total. The fourth-order valence-corrected chi connectivity index (χ4v) is 3.04. The number of carbonyl (C=O) groups is 1. The minimum Gasteiger partial charge on any atom is -0.355 e. The van der Waals surface area contributed by atoms with Crippen LogP contribution in [-0.2, 0) is 4.79 Å². The maximum absolute atomic E-state index is 12.0. The first-order valence-corrected chi connectivity index (χ1v) is 7.65. The Morgan fingerprint density at radius 3 is 2.74 bits per heavy atom. The number of hydrogen-bond acceptors (Lipinski definition) is 4. The monoisotopic (exact) mass is 268 g/mol. The predicted molar refractivity (Wildman–Crippen MR) is 76.9 cm³/mol. The van der Waals surface area contributed by atoms with Crippen LogP contribution in [0.2, 0.25) is 0 Å². The van der Waals surface area contributed by atoms with E-state index in [0.29, 0.717) is 5.92 Å². The van der Waals surface area contributed by atoms with E-state index >= 15 is 0 Å². The van der Waals surface area contributed by atoms with Crippen molar-refractivity contribution in [3.8, 4) is 0 Å². The van der Waals surface area contributed by atoms with Gasteiger partial charge in [0, 0.05) is 39.3 Å². The molecule has 2 heterocycles. The summed E-state index contributed by atoms with van der Waals surface area (Å²) in [5.41, 5.74) is 5.68. The van der Waals surface area contributed by atoms with E-state index in [0.717, 1.165) is 65.1 Å². The number of piperazine rings is 1. The molecule has 1 amide bonds. The molecule has 0 spiro atoms. The first-order chi connectivity index (χ1) is 9.20. The van der Waals surface area contributed by atoms with E-state index in [1.807, 2.05) is 0 Å². The molecule has 5 heteroatoms. The SMILES string of the molecule is CC(CN)CN1CCN(C2CCCCNC2=O)CC1. The van der Waals surface area contributed by atoms with E-state index in [4.69, 9.17) is 5.73 Å². The second-order valence-electron chi connectivity index (χ2n) is 5.98. The number of nitrogens with zero attached hydrogens (tertiary/aromatic N) is 2. The maximum atomic E-state index is 12.0. The highest BCUT2D eigenvalue weighted by Gasteiger charge is 2.29. The number of hydrogen-bond donors (Lipinski definition) is 2. The van der Waals surface area contributed by atoms with E-state index in [1.165, 1.54) is 0 Å². The summed E-state index contributed by atoms with van der Waals surface area (Å²) in [5, 5.41) is 3.03. The van der Waals surface area contributed by atoms with Crippen molar-refractivity contribution in [2.75, 3.05) is 45.8 Å². The lowest BCUT2D eigenvalue weighted by Gasteiger charge is -2.39. The van der Waals surface area contributed by atoms with Crippen molar-refractivity contribution in [2.24, 2.45) is 11.7 Å². The van der Waals surface area contributed by atoms with Gasteiger partial charge in [-0.25, -0.2) is 0 Å². The number of nitrogens with two attached hydrogens (primary N) is 1. The van der Waals surface area contributed by atoms with E-state index in [9.17, 15) is 4.79 Å². The van der Waals surface area contributed by atoms with Gasteiger partial charge in [0.1, 0.15) is 0 Å². The Hall–Kier alpha value is -0.650. The van der Waals surface area contributed by atoms with Crippen molar-refractivity contribution in [2.45, 2.75) is 32.2 Å². The summed E-state index contributed by atoms with van der Waals surface area (Å²) in [7, 11) is 0. The van der Waals surface area contributed by atoms with Crippen molar-refractivity contribution in [1.82, 2.24) is 15.1 Å². The van der Waals surface area contributed by atoms with Crippen molar-refractivity contribution in [3.05, 3.63) is 0 Å². The second-order valence-corrected chi connectivity index (χ2v) is 5.98. The van der Waals surface area contributed by atoms with Gasteiger partial charge in [0.05, 0.1) is 6.04 Å². The molecule has 0 aromatic carbocycles. The highest BCUT2D eigenvalue weighted by molar-refractivity contribution is 5.81. The van der Waals surface area contributed by atoms with Crippen LogP contribution in [0.1, 0.15) is 26.2 Å². The summed E-state index contributed by atoms with van der Waals surface area (Å²) in [6.07, 6.45) is 3.30. The smallest absolute Gasteiger partial charge is 0.237 e. The first-order valence-electron chi connectivity index (χ1n) is 7.65. The van der Waals surface area contributed by atoms with E-state index in [2.05, 4.69) is 22.0 Å². The van der Waals surface area contributed by atoms with Gasteiger partial charge >= 0.3 is 0 Å². The Kier molecular flexibility index (Phi) is 5.60. The molecule has 2 unspecified atom stereocenters. The Balaban J connectivity index is 1.80. The zero-order valence-corrected chi connectivity index (χ0v) is 12.1. The van der Waals surface area contributed by atoms with Gasteiger partial charge in [0.2, 0.25) is 5.91 Å². The fourth-order valence-electron chi connectivity index (χ4n) is 3.04. The number of amides is 1. The molecule has 5 nitrogen and oxygen atoms in total. The van der Waals surface area contributed by atoms with Crippen LogP contribution in [0.4, 0.5) is 0 Å². The van der Waals surface area contributed by atoms with Gasteiger partial charge in [-0.3, -0.25) is 9.69 Å². The average Bonchev–Trinajstić information content (AvgIpc) is 2.64. The highest BCUT2D eigenvalue weighted by Crippen LogP contribution is 2.15. The molecule has 2 aliphatic rings. The third-order valence-electron chi connectivity index (χ3n) is 4.33. The molecule has 0 aromatic heterocycles. The minimum absolute atomic E-state index is 0.108. The maximum Gasteiger partial charge on any atom is 0.237 e. The molecule has 0 aromatic rings. The molecular formula is C14H28N4O. The largest absolute Gasteiger partial charge is 0.355 e. The second kappa shape index (κ2) is 7.22. The van der Waals surface area contributed by atoms with Crippen LogP contribution in [-0.4, -0.2) is 67.6 Å². The topological polar surface area (TPSA) is 61.6 Å². The van der Waals surface area contributed by atoms with Gasteiger partial charge in [-0.05, 0) is 31.7 Å². The molecular weight excluding hydrogens is 240 g/mol. The summed E-state index contributed by atoms with van der Waals surface area (Å²) in [6.45, 7) is 9.04. The summed E-state index contributed by atoms with van der Waals surface area (Å²) in [4.78, 5) is 16.9. The zero-order chi connectivity index (χ0) is 13.7. The standard InChI is InChI=1S/C14H28N4O/c1-12(10-15)11-17-6-8-18(9-7-17)13-4-2-3-5-16-14(13)19/h12-13H,2-11,15H2,1H3,(H,16,19). The van der Waals surface area contributed by atoms with Crippen LogP contribution < -0.4 is 11.1 Å². The van der Waals surface area contributed by atoms with Gasteiger partial charge in [-0.2, -0.15) is 0 Å². The van der Waals surface area contributed by atoms with Gasteiger partial charge in [-0.1, -0.05) is 6.92 Å². The van der Waals surface area contributed by atoms with Crippen molar-refractivity contribution < 1.29 is 4.79 Å². The fraction of sp³-hybridized carbons (Fsp3) is 0.929. The molecule has 110 valence electrons. The molecule has 2 rings (SSSR count). The highest BCUT2D eigenvalue weighted by atomic mass is 16.2. The molecule has 2 aliphatic heterocycles. The minimum atomic E-state index is 0.108. The van der Waals surface area contributed by atoms with Gasteiger partial charge in [0.15, 0.2) is 0 Å². The average molecular weight is 268 g/mol. The van der Waals surface area contributed by atoms with Crippen LogP contribution in [0.5, 0.6) is 0 Å². The van der Waals surface area contributed by atoms with Crippen LogP contribution in [0, 0.1) is 5.92 Å². The number of rotatable bonds is 4. The third kappa shape index (κ3) is 4.16. The lowest BCUT2D eigenvalue weighted by atomic mass is 10.1. The van der Waals surface area contributed by atoms with Crippen LogP contribution >= 0.6 is 0 Å². The Morgan fingerprint density at radius 2 is 2.05 bits per heavy atom. The normalized spacial score (nSPS) is 28.7. The van der Waals surface area contributed by atoms with Crippen molar-refractivity contribution >= 4 is 5.91 Å². The summed E-state index contributed by atoms with van der Waals surface area (Å²) in [6, 6.07) is 0.108. The van der Waals surface area contributed by atoms with Gasteiger partial charge in [0.25, 0.3) is 0 Å². The Bertz CT molecular complexity index is 289. The lowest BCUT2D eigenvalue weighted by molar-refractivity contribution is -0.126. The van der Waals surface area contributed by atoms with E-state index in [-0.39, 0.29) is 11.9 Å². The molecule has 2 fully saturated rings. The van der Waals surface area contributed by atoms with Gasteiger partial charge in [-0.15, -0.1) is 0 Å². The van der Waals surface area contributed by atoms with E-state index in [1.54, 1.807) is 0 Å². The summed E-state index contributed by atoms with van der Waals surface area (Å²) in [5.74, 6) is 0.800. The lowest BCUT2D eigenvalue weighted by Crippen LogP contribution is -2.55. The molecule has 0 aliphatic carbocycles. The van der Waals surface area contributed by atoms with E-state index < -0.39 is 0 Å². The van der Waals surface area contributed by atoms with Gasteiger partial charge < -0.3 is 16.0 Å². The quantitative estimate of drug-likeness (QED) is 0.745. The molecule has 19 heavy (non-hydrogen) atoms. The number of nitrogens with one attached hydrogen (secondary N) is 1. The molecule has 0 bridgehead atoms.